The Hall–Kier alpha value is -0.120. The third-order valence-electron chi connectivity index (χ3n) is 12.5. The summed E-state index contributed by atoms with van der Waals surface area (Å²) in [5.74, 6) is 0. The molecule has 3 saturated heterocycles. The number of nitrogens with one attached hydrogen (secondary N) is 2. The first-order valence-corrected chi connectivity index (χ1v) is 21.4. The van der Waals surface area contributed by atoms with Crippen LogP contribution in [0.2, 0.25) is 0 Å². The minimum Gasteiger partial charge on any atom is -0.381 e. The Morgan fingerprint density at radius 3 is 0.714 bits per heavy atom. The van der Waals surface area contributed by atoms with E-state index in [1.54, 1.807) is 0 Å². The van der Waals surface area contributed by atoms with Gasteiger partial charge in [0.1, 0.15) is 0 Å². The predicted octanol–water partition coefficient (Wildman–Crippen LogP) is 13.8. The quantitative estimate of drug-likeness (QED) is 0.265. The van der Waals surface area contributed by atoms with E-state index in [2.05, 4.69) is 108 Å². The highest BCUT2D eigenvalue weighted by atomic mass is 16.5. The molecule has 4 saturated carbocycles. The maximum atomic E-state index is 5.21. The minimum absolute atomic E-state index is 0.554. The summed E-state index contributed by atoms with van der Waals surface area (Å²) in [7, 11) is 0. The molecule has 2 N–H and O–H groups in total. The topological polar surface area (TPSA) is 33.3 Å². The van der Waals surface area contributed by atoms with Gasteiger partial charge < -0.3 is 15.4 Å². The van der Waals surface area contributed by atoms with Gasteiger partial charge in [0.05, 0.1) is 0 Å². The monoisotopic (exact) mass is 691 g/mol. The van der Waals surface area contributed by atoms with Crippen LogP contribution in [0.15, 0.2) is 0 Å². The van der Waals surface area contributed by atoms with Gasteiger partial charge in [-0.05, 0) is 141 Å². The fourth-order valence-corrected chi connectivity index (χ4v) is 6.94. The molecule has 0 unspecified atom stereocenters. The van der Waals surface area contributed by atoms with Crippen LogP contribution in [0.25, 0.3) is 0 Å². The Morgan fingerprint density at radius 1 is 0.286 bits per heavy atom. The molecule has 0 spiro atoms. The summed E-state index contributed by atoms with van der Waals surface area (Å²) < 4.78 is 5.21. The van der Waals surface area contributed by atoms with Gasteiger partial charge in [-0.25, -0.2) is 0 Å². The molecule has 4 aliphatic carbocycles. The first-order chi connectivity index (χ1) is 22.4. The highest BCUT2D eigenvalue weighted by molar-refractivity contribution is 4.82. The second kappa shape index (κ2) is 21.5. The molecule has 49 heavy (non-hydrogen) atoms. The van der Waals surface area contributed by atoms with E-state index in [9.17, 15) is 0 Å². The highest BCUT2D eigenvalue weighted by Crippen LogP contribution is 2.43. The first kappa shape index (κ1) is 46.9. The number of hydrogen-bond acceptors (Lipinski definition) is 3. The average Bonchev–Trinajstić information content (AvgIpc) is 3.29. The molecule has 0 amide bonds. The molecule has 3 aliphatic heterocycles. The molecule has 0 radical (unpaired) electrons. The van der Waals surface area contributed by atoms with Crippen molar-refractivity contribution in [3.8, 4) is 0 Å². The van der Waals surface area contributed by atoms with Gasteiger partial charge in [0.25, 0.3) is 0 Å². The van der Waals surface area contributed by atoms with Crippen LogP contribution >= 0.6 is 0 Å². The molecule has 0 atom stereocenters. The molecule has 3 heterocycles. The predicted molar refractivity (Wildman–Crippen MR) is 221 cm³/mol. The van der Waals surface area contributed by atoms with Crippen molar-refractivity contribution >= 4 is 0 Å². The van der Waals surface area contributed by atoms with Crippen LogP contribution in [-0.2, 0) is 4.74 Å². The first-order valence-electron chi connectivity index (χ1n) is 21.4. The van der Waals surface area contributed by atoms with E-state index in [0.29, 0.717) is 27.1 Å². The molecule has 0 aromatic rings. The van der Waals surface area contributed by atoms with E-state index < -0.39 is 0 Å². The molecule has 0 aromatic carbocycles. The van der Waals surface area contributed by atoms with Crippen LogP contribution in [-0.4, -0.2) is 39.4 Å². The SMILES string of the molecule is CC1(C)CC1.CC1(C)CCC1.CC1(C)CCCC1.CC1(C)CCCCC1.CC1(C)CCNC1.CC1(C)CCNCC1.CC1(C)CCOCC1. The Bertz CT molecular complexity index is 725. The van der Waals surface area contributed by atoms with Gasteiger partial charge in [0, 0.05) is 19.8 Å². The molecule has 7 fully saturated rings. The van der Waals surface area contributed by atoms with Gasteiger partial charge in [0.2, 0.25) is 0 Å². The Morgan fingerprint density at radius 2 is 0.571 bits per heavy atom. The maximum absolute atomic E-state index is 5.21. The molecule has 3 heteroatoms. The standard InChI is InChI=1S/C8H16.C7H15N.C7H14O.C7H14.C6H13N.C6H12.C5H10/c1-8(2)6-4-3-5-7-8;2*1-7(2)3-5-8-6-4-7;1-7(2)5-3-4-6-7;1-6(2)3-4-7-5-6;1-6(2)4-3-5-6;1-5(2)3-4-5/h3-7H2,1-2H3;8H,3-6H2,1-2H3;3-6H2,1-2H3;3-6H2,1-2H3;7H,3-5H2,1-2H3;3-5H2,1-2H3;3-4H2,1-2H3. The number of ether oxygens (including phenoxy) is 1. The normalized spacial score (nSPS) is 28.3. The molecule has 294 valence electrons. The van der Waals surface area contributed by atoms with Gasteiger partial charge >= 0.3 is 0 Å². The Kier molecular flexibility index (Phi) is 20.6. The van der Waals surface area contributed by atoms with Crippen LogP contribution < -0.4 is 10.6 Å². The van der Waals surface area contributed by atoms with Crippen molar-refractivity contribution < 1.29 is 4.74 Å². The van der Waals surface area contributed by atoms with E-state index in [4.69, 9.17) is 4.74 Å². The van der Waals surface area contributed by atoms with Crippen molar-refractivity contribution in [3.05, 3.63) is 0 Å². The highest BCUT2D eigenvalue weighted by Gasteiger charge is 2.30. The summed E-state index contributed by atoms with van der Waals surface area (Å²) in [6.07, 6.45) is 26.9. The molecular formula is C46H94N2O. The molecule has 0 aromatic heterocycles. The summed E-state index contributed by atoms with van der Waals surface area (Å²) in [6.45, 7) is 39.4. The van der Waals surface area contributed by atoms with E-state index in [1.165, 1.54) is 148 Å². The van der Waals surface area contributed by atoms with Gasteiger partial charge in [-0.15, -0.1) is 0 Å². The lowest BCUT2D eigenvalue weighted by molar-refractivity contribution is 0.0327. The number of hydrogen-bond donors (Lipinski definition) is 2. The van der Waals surface area contributed by atoms with Crippen LogP contribution in [0.4, 0.5) is 0 Å². The van der Waals surface area contributed by atoms with Crippen molar-refractivity contribution in [1.82, 2.24) is 10.6 Å². The summed E-state index contributed by atoms with van der Waals surface area (Å²) in [5, 5.41) is 6.65. The van der Waals surface area contributed by atoms with Crippen molar-refractivity contribution in [2.24, 2.45) is 37.9 Å². The third-order valence-corrected chi connectivity index (χ3v) is 12.5. The Labute approximate surface area is 310 Å². The average molecular weight is 691 g/mol. The van der Waals surface area contributed by atoms with Crippen molar-refractivity contribution in [2.45, 2.75) is 219 Å². The van der Waals surface area contributed by atoms with Crippen LogP contribution in [0.5, 0.6) is 0 Å². The molecule has 7 rings (SSSR count). The van der Waals surface area contributed by atoms with E-state index in [0.717, 1.165) is 24.0 Å². The lowest BCUT2D eigenvalue weighted by Gasteiger charge is -2.33. The smallest absolute Gasteiger partial charge is 0.0471 e. The lowest BCUT2D eigenvalue weighted by atomic mass is 9.72. The van der Waals surface area contributed by atoms with Crippen molar-refractivity contribution in [1.29, 1.82) is 0 Å². The lowest BCUT2D eigenvalue weighted by Crippen LogP contribution is -2.32. The summed E-state index contributed by atoms with van der Waals surface area (Å²) in [6, 6.07) is 0. The fourth-order valence-electron chi connectivity index (χ4n) is 6.94. The molecule has 7 aliphatic rings. The second-order valence-electron chi connectivity index (χ2n) is 22.6. The summed E-state index contributed by atoms with van der Waals surface area (Å²) >= 11 is 0. The number of rotatable bonds is 0. The number of piperidine rings is 1. The fraction of sp³-hybridized carbons (Fsp3) is 1.00. The minimum atomic E-state index is 0.554. The molecule has 0 bridgehead atoms. The van der Waals surface area contributed by atoms with Crippen LogP contribution in [0.3, 0.4) is 0 Å². The maximum Gasteiger partial charge on any atom is 0.0471 e. The van der Waals surface area contributed by atoms with Gasteiger partial charge in [-0.3, -0.25) is 0 Å². The van der Waals surface area contributed by atoms with Gasteiger partial charge in [-0.2, -0.15) is 0 Å². The van der Waals surface area contributed by atoms with E-state index >= 15 is 0 Å². The molecular weight excluding hydrogens is 597 g/mol. The van der Waals surface area contributed by atoms with E-state index in [1.807, 2.05) is 0 Å². The van der Waals surface area contributed by atoms with Gasteiger partial charge in [-0.1, -0.05) is 135 Å². The van der Waals surface area contributed by atoms with Crippen molar-refractivity contribution in [2.75, 3.05) is 39.4 Å². The second-order valence-corrected chi connectivity index (χ2v) is 22.6. The van der Waals surface area contributed by atoms with E-state index in [-0.39, 0.29) is 0 Å². The summed E-state index contributed by atoms with van der Waals surface area (Å²) in [4.78, 5) is 0. The molecule has 3 nitrogen and oxygen atoms in total. The summed E-state index contributed by atoms with van der Waals surface area (Å²) in [5.41, 5.74) is 4.60. The van der Waals surface area contributed by atoms with Crippen molar-refractivity contribution in [3.63, 3.8) is 0 Å². The van der Waals surface area contributed by atoms with Gasteiger partial charge in [0.15, 0.2) is 0 Å². The Balaban J connectivity index is 0.000000287. The van der Waals surface area contributed by atoms with Crippen LogP contribution in [0.1, 0.15) is 219 Å². The largest absolute Gasteiger partial charge is 0.381 e. The zero-order chi connectivity index (χ0) is 37.3. The van der Waals surface area contributed by atoms with Crippen LogP contribution in [0, 0.1) is 37.9 Å². The third kappa shape index (κ3) is 27.2. The zero-order valence-electron chi connectivity index (χ0n) is 36.6. The zero-order valence-corrected chi connectivity index (χ0v) is 36.6.